The molecule has 3 heterocycles. The van der Waals surface area contributed by atoms with Crippen molar-refractivity contribution in [3.05, 3.63) is 60.6 Å². The first-order valence-corrected chi connectivity index (χ1v) is 9.79. The largest absolute Gasteiger partial charge is 0.493 e. The van der Waals surface area contributed by atoms with E-state index in [0.717, 1.165) is 29.0 Å². The maximum absolute atomic E-state index is 12.5. The molecule has 1 aliphatic rings. The lowest BCUT2D eigenvalue weighted by molar-refractivity contribution is 0.356. The minimum atomic E-state index is -3.55. The highest BCUT2D eigenvalue weighted by atomic mass is 32.2. The van der Waals surface area contributed by atoms with Gasteiger partial charge in [-0.1, -0.05) is 0 Å². The molecule has 2 aromatic heterocycles. The van der Waals surface area contributed by atoms with Crippen molar-refractivity contribution >= 4 is 10.0 Å². The van der Waals surface area contributed by atoms with E-state index in [1.54, 1.807) is 35.3 Å². The van der Waals surface area contributed by atoms with Gasteiger partial charge >= 0.3 is 0 Å². The van der Waals surface area contributed by atoms with Crippen LogP contribution in [0.2, 0.25) is 0 Å². The minimum Gasteiger partial charge on any atom is -0.493 e. The average Bonchev–Trinajstić information content (AvgIpc) is 3.31. The first-order valence-electron chi connectivity index (χ1n) is 8.31. The number of nitrogens with one attached hydrogen (secondary N) is 1. The van der Waals surface area contributed by atoms with Crippen molar-refractivity contribution in [3.8, 4) is 17.0 Å². The summed E-state index contributed by atoms with van der Waals surface area (Å²) in [4.78, 5) is 4.25. The number of pyridine rings is 1. The van der Waals surface area contributed by atoms with Crippen molar-refractivity contribution in [1.29, 1.82) is 0 Å². The Hall–Kier alpha value is -2.71. The van der Waals surface area contributed by atoms with Crippen molar-refractivity contribution in [2.75, 3.05) is 13.2 Å². The zero-order valence-corrected chi connectivity index (χ0v) is 14.8. The van der Waals surface area contributed by atoms with Gasteiger partial charge in [-0.05, 0) is 42.0 Å². The standard InChI is InChI=1S/C18H18N4O3S/c23-26(24,16-1-2-18-15(13-16)6-12-25-18)20-9-11-22-10-5-17(21-22)14-3-7-19-8-4-14/h1-5,7-8,10,13,20H,6,9,11-12H2. The molecule has 0 radical (unpaired) electrons. The van der Waals surface area contributed by atoms with Crippen molar-refractivity contribution in [3.63, 3.8) is 0 Å². The number of benzene rings is 1. The van der Waals surface area contributed by atoms with Gasteiger partial charge in [-0.3, -0.25) is 9.67 Å². The molecule has 0 unspecified atom stereocenters. The van der Waals surface area contributed by atoms with E-state index < -0.39 is 10.0 Å². The molecule has 0 fully saturated rings. The molecule has 1 N–H and O–H groups in total. The normalized spacial score (nSPS) is 13.4. The fourth-order valence-electron chi connectivity index (χ4n) is 2.87. The first kappa shape index (κ1) is 16.7. The predicted octanol–water partition coefficient (Wildman–Crippen LogP) is 1.86. The maximum atomic E-state index is 12.5. The topological polar surface area (TPSA) is 86.1 Å². The zero-order valence-electron chi connectivity index (χ0n) is 14.0. The molecule has 26 heavy (non-hydrogen) atoms. The summed E-state index contributed by atoms with van der Waals surface area (Å²) in [5, 5.41) is 4.46. The van der Waals surface area contributed by atoms with Crippen LogP contribution in [0.4, 0.5) is 0 Å². The summed E-state index contributed by atoms with van der Waals surface area (Å²) >= 11 is 0. The third kappa shape index (κ3) is 3.47. The molecule has 0 bridgehead atoms. The Bertz CT molecular complexity index is 1020. The highest BCUT2D eigenvalue weighted by molar-refractivity contribution is 7.89. The molecule has 8 heteroatoms. The van der Waals surface area contributed by atoms with E-state index >= 15 is 0 Å². The Kier molecular flexibility index (Phi) is 4.44. The molecule has 1 aromatic carbocycles. The Labute approximate surface area is 151 Å². The second kappa shape index (κ2) is 6.89. The Morgan fingerprint density at radius 2 is 2.00 bits per heavy atom. The van der Waals surface area contributed by atoms with Crippen LogP contribution in [0, 0.1) is 0 Å². The fourth-order valence-corrected chi connectivity index (χ4v) is 3.94. The third-order valence-electron chi connectivity index (χ3n) is 4.22. The van der Waals surface area contributed by atoms with Crippen molar-refractivity contribution in [2.45, 2.75) is 17.9 Å². The van der Waals surface area contributed by atoms with E-state index in [4.69, 9.17) is 4.74 Å². The van der Waals surface area contributed by atoms with Gasteiger partial charge in [0, 0.05) is 37.1 Å². The molecule has 4 rings (SSSR count). The van der Waals surface area contributed by atoms with Crippen LogP contribution in [0.25, 0.3) is 11.3 Å². The monoisotopic (exact) mass is 370 g/mol. The first-order chi connectivity index (χ1) is 12.6. The summed E-state index contributed by atoms with van der Waals surface area (Å²) in [5.74, 6) is 0.768. The van der Waals surface area contributed by atoms with Crippen LogP contribution in [0.1, 0.15) is 5.56 Å². The number of nitrogens with zero attached hydrogens (tertiary/aromatic N) is 3. The SMILES string of the molecule is O=S(=O)(NCCn1ccc(-c2ccncc2)n1)c1ccc2c(c1)CCO2. The second-order valence-corrected chi connectivity index (χ2v) is 7.73. The molecule has 0 spiro atoms. The van der Waals surface area contributed by atoms with E-state index in [-0.39, 0.29) is 11.4 Å². The van der Waals surface area contributed by atoms with Crippen LogP contribution in [0.15, 0.2) is 59.9 Å². The van der Waals surface area contributed by atoms with Gasteiger partial charge in [0.2, 0.25) is 10.0 Å². The van der Waals surface area contributed by atoms with E-state index in [1.807, 2.05) is 24.4 Å². The highest BCUT2D eigenvalue weighted by Crippen LogP contribution is 2.27. The highest BCUT2D eigenvalue weighted by Gasteiger charge is 2.18. The maximum Gasteiger partial charge on any atom is 0.240 e. The molecule has 0 saturated carbocycles. The van der Waals surface area contributed by atoms with E-state index in [2.05, 4.69) is 14.8 Å². The van der Waals surface area contributed by atoms with Crippen LogP contribution in [-0.2, 0) is 23.0 Å². The van der Waals surface area contributed by atoms with E-state index in [1.165, 1.54) is 0 Å². The van der Waals surface area contributed by atoms with Crippen molar-refractivity contribution in [2.24, 2.45) is 0 Å². The van der Waals surface area contributed by atoms with Crippen LogP contribution < -0.4 is 9.46 Å². The van der Waals surface area contributed by atoms with Gasteiger partial charge in [-0.15, -0.1) is 0 Å². The number of aromatic nitrogens is 3. The molecule has 0 aliphatic carbocycles. The summed E-state index contributed by atoms with van der Waals surface area (Å²) in [7, 11) is -3.55. The van der Waals surface area contributed by atoms with Gasteiger partial charge in [-0.2, -0.15) is 5.10 Å². The van der Waals surface area contributed by atoms with Gasteiger partial charge in [0.15, 0.2) is 0 Å². The Morgan fingerprint density at radius 3 is 2.85 bits per heavy atom. The molecule has 0 amide bonds. The summed E-state index contributed by atoms with van der Waals surface area (Å²) < 4.78 is 34.7. The van der Waals surface area contributed by atoms with Crippen LogP contribution in [0.3, 0.4) is 0 Å². The number of hydrogen-bond acceptors (Lipinski definition) is 5. The Balaban J connectivity index is 1.39. The molecular weight excluding hydrogens is 352 g/mol. The molecule has 134 valence electrons. The van der Waals surface area contributed by atoms with Gasteiger partial charge < -0.3 is 4.74 Å². The third-order valence-corrected chi connectivity index (χ3v) is 5.68. The number of sulfonamides is 1. The molecule has 0 atom stereocenters. The average molecular weight is 370 g/mol. The van der Waals surface area contributed by atoms with E-state index in [0.29, 0.717) is 13.2 Å². The predicted molar refractivity (Wildman–Crippen MR) is 96.3 cm³/mol. The lowest BCUT2D eigenvalue weighted by Gasteiger charge is -2.08. The van der Waals surface area contributed by atoms with E-state index in [9.17, 15) is 8.42 Å². The molecule has 7 nitrogen and oxygen atoms in total. The minimum absolute atomic E-state index is 0.257. The number of hydrogen-bond donors (Lipinski definition) is 1. The number of rotatable bonds is 6. The van der Waals surface area contributed by atoms with Gasteiger partial charge in [0.25, 0.3) is 0 Å². The zero-order chi connectivity index (χ0) is 18.0. The fraction of sp³-hybridized carbons (Fsp3) is 0.222. The number of ether oxygens (including phenoxy) is 1. The number of fused-ring (bicyclic) bond motifs is 1. The molecule has 1 aliphatic heterocycles. The van der Waals surface area contributed by atoms with Crippen molar-refractivity contribution in [1.82, 2.24) is 19.5 Å². The van der Waals surface area contributed by atoms with Crippen LogP contribution >= 0.6 is 0 Å². The summed E-state index contributed by atoms with van der Waals surface area (Å²) in [6.07, 6.45) is 5.99. The summed E-state index contributed by atoms with van der Waals surface area (Å²) in [6.45, 7) is 1.30. The lowest BCUT2D eigenvalue weighted by atomic mass is 10.2. The molecular formula is C18H18N4O3S. The van der Waals surface area contributed by atoms with Crippen LogP contribution in [-0.4, -0.2) is 36.3 Å². The lowest BCUT2D eigenvalue weighted by Crippen LogP contribution is -2.27. The smallest absolute Gasteiger partial charge is 0.240 e. The summed E-state index contributed by atoms with van der Waals surface area (Å²) in [6, 6.07) is 10.6. The quantitative estimate of drug-likeness (QED) is 0.716. The van der Waals surface area contributed by atoms with Gasteiger partial charge in [0.05, 0.1) is 23.7 Å². The summed E-state index contributed by atoms with van der Waals surface area (Å²) in [5.41, 5.74) is 2.73. The van der Waals surface area contributed by atoms with Gasteiger partial charge in [0.1, 0.15) is 5.75 Å². The van der Waals surface area contributed by atoms with Crippen molar-refractivity contribution < 1.29 is 13.2 Å². The van der Waals surface area contributed by atoms with Gasteiger partial charge in [-0.25, -0.2) is 13.1 Å². The Morgan fingerprint density at radius 1 is 1.15 bits per heavy atom. The molecule has 3 aromatic rings. The van der Waals surface area contributed by atoms with Crippen LogP contribution in [0.5, 0.6) is 5.75 Å². The molecule has 0 saturated heterocycles. The second-order valence-electron chi connectivity index (χ2n) is 5.97.